The van der Waals surface area contributed by atoms with Crippen molar-refractivity contribution in [3.05, 3.63) is 42.0 Å². The Kier molecular flexibility index (Phi) is 7.91. The molecule has 4 unspecified atom stereocenters. The van der Waals surface area contributed by atoms with Crippen molar-refractivity contribution >= 4 is 6.09 Å². The van der Waals surface area contributed by atoms with E-state index in [0.717, 1.165) is 68.0 Å². The van der Waals surface area contributed by atoms with E-state index in [1.807, 2.05) is 19.1 Å². The van der Waals surface area contributed by atoms with Crippen LogP contribution in [0.2, 0.25) is 0 Å². The van der Waals surface area contributed by atoms with Gasteiger partial charge in [0, 0.05) is 60.3 Å². The Morgan fingerprint density at radius 1 is 1.21 bits per heavy atom. The maximum atomic E-state index is 11.9. The molecule has 0 aromatic carbocycles. The van der Waals surface area contributed by atoms with Gasteiger partial charge in [-0.2, -0.15) is 0 Å². The number of carbonyl (C=O) groups is 1. The summed E-state index contributed by atoms with van der Waals surface area (Å²) in [5.41, 5.74) is 3.33. The Balaban J connectivity index is 1.53. The number of piperidine rings is 3. The molecule has 4 atom stereocenters. The Hall–Kier alpha value is -2.54. The molecule has 33 heavy (non-hydrogen) atoms. The van der Waals surface area contributed by atoms with E-state index in [0.29, 0.717) is 36.9 Å². The fourth-order valence-electron chi connectivity index (χ4n) is 5.32. The molecule has 7 nitrogen and oxygen atoms in total. The SMILES string of the molecule is CCCNC(=O)OCC1CC2CCN1CC2c1cc(C(CC)CC)nc(-c2ccncc2)n1. The number of hydrogen-bond donors (Lipinski definition) is 1. The number of rotatable bonds is 9. The highest BCUT2D eigenvalue weighted by molar-refractivity contribution is 5.67. The fraction of sp³-hybridized carbons (Fsp3) is 0.615. The number of nitrogens with one attached hydrogen (secondary N) is 1. The van der Waals surface area contributed by atoms with Crippen LogP contribution in [0.5, 0.6) is 0 Å². The van der Waals surface area contributed by atoms with E-state index in [1.54, 1.807) is 12.4 Å². The number of pyridine rings is 1. The number of fused-ring (bicyclic) bond motifs is 3. The maximum Gasteiger partial charge on any atom is 0.407 e. The zero-order valence-electron chi connectivity index (χ0n) is 20.2. The van der Waals surface area contributed by atoms with Crippen molar-refractivity contribution < 1.29 is 9.53 Å². The molecule has 0 spiro atoms. The van der Waals surface area contributed by atoms with Crippen LogP contribution in [0.4, 0.5) is 4.79 Å². The molecule has 3 aliphatic heterocycles. The first-order valence-corrected chi connectivity index (χ1v) is 12.6. The third kappa shape index (κ3) is 5.52. The average Bonchev–Trinajstić information content (AvgIpc) is 2.87. The summed E-state index contributed by atoms with van der Waals surface area (Å²) in [4.78, 5) is 28.6. The van der Waals surface area contributed by atoms with Gasteiger partial charge in [-0.1, -0.05) is 20.8 Å². The number of aromatic nitrogens is 3. The predicted octanol–water partition coefficient (Wildman–Crippen LogP) is 4.76. The lowest BCUT2D eigenvalue weighted by Crippen LogP contribution is -2.54. The molecular weight excluding hydrogens is 414 g/mol. The Bertz CT molecular complexity index is 918. The highest BCUT2D eigenvalue weighted by Crippen LogP contribution is 2.42. The van der Waals surface area contributed by atoms with Crippen LogP contribution in [0.25, 0.3) is 11.4 Å². The number of carbonyl (C=O) groups excluding carboxylic acids is 1. The van der Waals surface area contributed by atoms with Gasteiger partial charge >= 0.3 is 6.09 Å². The van der Waals surface area contributed by atoms with Crippen molar-refractivity contribution in [3.63, 3.8) is 0 Å². The molecule has 0 radical (unpaired) electrons. The maximum absolute atomic E-state index is 11.9. The summed E-state index contributed by atoms with van der Waals surface area (Å²) < 4.78 is 5.51. The van der Waals surface area contributed by atoms with Crippen LogP contribution in [-0.2, 0) is 4.74 Å². The van der Waals surface area contributed by atoms with E-state index < -0.39 is 0 Å². The van der Waals surface area contributed by atoms with Gasteiger partial charge in [0.2, 0.25) is 0 Å². The van der Waals surface area contributed by atoms with Crippen molar-refractivity contribution in [2.75, 3.05) is 26.2 Å². The van der Waals surface area contributed by atoms with Gasteiger partial charge in [-0.25, -0.2) is 14.8 Å². The van der Waals surface area contributed by atoms with Crippen molar-refractivity contribution in [1.29, 1.82) is 0 Å². The zero-order chi connectivity index (χ0) is 23.2. The molecule has 2 bridgehead atoms. The van der Waals surface area contributed by atoms with Crippen LogP contribution in [0.15, 0.2) is 30.6 Å². The molecule has 5 rings (SSSR count). The predicted molar refractivity (Wildman–Crippen MR) is 129 cm³/mol. The topological polar surface area (TPSA) is 80.2 Å². The van der Waals surface area contributed by atoms with Gasteiger partial charge in [0.25, 0.3) is 0 Å². The lowest BCUT2D eigenvalue weighted by Gasteiger charge is -2.49. The standard InChI is InChI=1S/C26H37N5O2/c1-4-10-28-26(32)33-17-21-14-20-9-13-31(21)16-22(20)24-15-23(18(5-2)6-3)29-25(30-24)19-7-11-27-12-8-19/h7-8,11-12,15,18,20-22H,4-6,9-10,13-14,16-17H2,1-3H3,(H,28,32). The van der Waals surface area contributed by atoms with Crippen LogP contribution in [0.1, 0.15) is 76.1 Å². The number of ether oxygens (including phenoxy) is 1. The van der Waals surface area contributed by atoms with Crippen LogP contribution >= 0.6 is 0 Å². The Morgan fingerprint density at radius 3 is 2.67 bits per heavy atom. The highest BCUT2D eigenvalue weighted by atomic mass is 16.5. The van der Waals surface area contributed by atoms with E-state index in [2.05, 4.69) is 35.1 Å². The van der Waals surface area contributed by atoms with Gasteiger partial charge in [0.15, 0.2) is 5.82 Å². The molecule has 0 saturated carbocycles. The van der Waals surface area contributed by atoms with Gasteiger partial charge in [-0.3, -0.25) is 9.88 Å². The largest absolute Gasteiger partial charge is 0.448 e. The second-order valence-corrected chi connectivity index (χ2v) is 9.36. The summed E-state index contributed by atoms with van der Waals surface area (Å²) in [6.07, 6.45) is 8.57. The van der Waals surface area contributed by atoms with Gasteiger partial charge in [-0.05, 0) is 62.8 Å². The normalized spacial score (nSPS) is 24.1. The quantitative estimate of drug-likeness (QED) is 0.592. The molecule has 7 heteroatoms. The number of amides is 1. The smallest absolute Gasteiger partial charge is 0.407 e. The van der Waals surface area contributed by atoms with E-state index in [1.165, 1.54) is 0 Å². The third-order valence-electron chi connectivity index (χ3n) is 7.29. The average molecular weight is 452 g/mol. The number of alkyl carbamates (subject to hydrolysis) is 1. The first-order valence-electron chi connectivity index (χ1n) is 12.6. The fourth-order valence-corrected chi connectivity index (χ4v) is 5.32. The molecule has 178 valence electrons. The zero-order valence-corrected chi connectivity index (χ0v) is 20.2. The third-order valence-corrected chi connectivity index (χ3v) is 7.29. The number of hydrogen-bond acceptors (Lipinski definition) is 6. The van der Waals surface area contributed by atoms with Gasteiger partial charge in [0.05, 0.1) is 0 Å². The summed E-state index contributed by atoms with van der Waals surface area (Å²) in [6, 6.07) is 6.54. The van der Waals surface area contributed by atoms with E-state index >= 15 is 0 Å². The van der Waals surface area contributed by atoms with E-state index in [4.69, 9.17) is 14.7 Å². The van der Waals surface area contributed by atoms with Gasteiger partial charge in [-0.15, -0.1) is 0 Å². The monoisotopic (exact) mass is 451 g/mol. The molecule has 3 fully saturated rings. The van der Waals surface area contributed by atoms with Crippen LogP contribution in [0.3, 0.4) is 0 Å². The second kappa shape index (κ2) is 11.1. The molecule has 1 amide bonds. The molecule has 2 aromatic rings. The Morgan fingerprint density at radius 2 is 2.00 bits per heavy atom. The summed E-state index contributed by atoms with van der Waals surface area (Å²) in [6.45, 7) is 9.65. The molecule has 2 aromatic heterocycles. The van der Waals surface area contributed by atoms with E-state index in [9.17, 15) is 4.79 Å². The first-order chi connectivity index (χ1) is 16.1. The van der Waals surface area contributed by atoms with Crippen molar-refractivity contribution in [1.82, 2.24) is 25.2 Å². The minimum Gasteiger partial charge on any atom is -0.448 e. The summed E-state index contributed by atoms with van der Waals surface area (Å²) in [7, 11) is 0. The van der Waals surface area contributed by atoms with Gasteiger partial charge < -0.3 is 10.1 Å². The molecule has 3 saturated heterocycles. The first kappa shape index (κ1) is 23.6. The highest BCUT2D eigenvalue weighted by Gasteiger charge is 2.42. The van der Waals surface area contributed by atoms with Gasteiger partial charge in [0.1, 0.15) is 6.61 Å². The van der Waals surface area contributed by atoms with Crippen LogP contribution < -0.4 is 5.32 Å². The summed E-state index contributed by atoms with van der Waals surface area (Å²) in [5.74, 6) is 2.19. The summed E-state index contributed by atoms with van der Waals surface area (Å²) >= 11 is 0. The molecular formula is C26H37N5O2. The Labute approximate surface area is 197 Å². The molecule has 0 aliphatic carbocycles. The lowest BCUT2D eigenvalue weighted by molar-refractivity contribution is -0.00344. The van der Waals surface area contributed by atoms with Crippen molar-refractivity contribution in [2.24, 2.45) is 5.92 Å². The molecule has 5 heterocycles. The second-order valence-electron chi connectivity index (χ2n) is 9.36. The molecule has 1 N–H and O–H groups in total. The van der Waals surface area contributed by atoms with E-state index in [-0.39, 0.29) is 6.09 Å². The van der Waals surface area contributed by atoms with Crippen molar-refractivity contribution in [2.45, 2.75) is 70.8 Å². The lowest BCUT2D eigenvalue weighted by atomic mass is 9.74. The molecule has 3 aliphatic rings. The minimum absolute atomic E-state index is 0.299. The van der Waals surface area contributed by atoms with Crippen LogP contribution in [-0.4, -0.2) is 58.2 Å². The van der Waals surface area contributed by atoms with Crippen molar-refractivity contribution in [3.8, 4) is 11.4 Å². The summed E-state index contributed by atoms with van der Waals surface area (Å²) in [5, 5.41) is 2.80. The number of nitrogens with zero attached hydrogens (tertiary/aromatic N) is 4. The van der Waals surface area contributed by atoms with Crippen LogP contribution in [0, 0.1) is 5.92 Å². The minimum atomic E-state index is -0.302.